The minimum Gasteiger partial charge on any atom is -0.345 e. The van der Waals surface area contributed by atoms with Gasteiger partial charge in [0.15, 0.2) is 0 Å². The molecule has 0 fully saturated rings. The van der Waals surface area contributed by atoms with Gasteiger partial charge in [0.25, 0.3) is 0 Å². The predicted octanol–water partition coefficient (Wildman–Crippen LogP) is 4.66. The molecule has 3 heteroatoms. The van der Waals surface area contributed by atoms with Crippen LogP contribution in [-0.2, 0) is 11.2 Å². The molecule has 0 radical (unpaired) electrons. The quantitative estimate of drug-likeness (QED) is 0.698. The van der Waals surface area contributed by atoms with E-state index >= 15 is 0 Å². The number of benzene rings is 3. The van der Waals surface area contributed by atoms with E-state index in [9.17, 15) is 9.18 Å². The molecule has 1 atom stereocenters. The van der Waals surface area contributed by atoms with Crippen LogP contribution in [-0.4, -0.2) is 5.91 Å². The van der Waals surface area contributed by atoms with Crippen LogP contribution in [0, 0.1) is 5.82 Å². The standard InChI is InChI=1S/C22H20FNO/c23-20-14-12-19(13-15-20)22(18-9-5-2-6-10-18)24-21(25)16-11-17-7-3-1-4-8-17/h1-10,12-15,22H,11,16H2,(H,24,25). The average Bonchev–Trinajstić information content (AvgIpc) is 2.67. The smallest absolute Gasteiger partial charge is 0.221 e. The second-order valence-electron chi connectivity index (χ2n) is 5.95. The van der Waals surface area contributed by atoms with Crippen molar-refractivity contribution >= 4 is 5.91 Å². The maximum atomic E-state index is 13.2. The first-order valence-corrected chi connectivity index (χ1v) is 8.36. The first-order chi connectivity index (χ1) is 12.2. The monoisotopic (exact) mass is 333 g/mol. The molecule has 126 valence electrons. The highest BCUT2D eigenvalue weighted by Crippen LogP contribution is 2.22. The average molecular weight is 333 g/mol. The first kappa shape index (κ1) is 16.9. The lowest BCUT2D eigenvalue weighted by molar-refractivity contribution is -0.121. The van der Waals surface area contributed by atoms with E-state index in [1.54, 1.807) is 12.1 Å². The van der Waals surface area contributed by atoms with Crippen molar-refractivity contribution in [1.82, 2.24) is 5.32 Å². The van der Waals surface area contributed by atoms with Gasteiger partial charge in [-0.3, -0.25) is 4.79 Å². The molecule has 0 heterocycles. The van der Waals surface area contributed by atoms with Crippen LogP contribution >= 0.6 is 0 Å². The molecule has 2 nitrogen and oxygen atoms in total. The third-order valence-corrected chi connectivity index (χ3v) is 4.13. The molecular formula is C22H20FNO. The zero-order valence-corrected chi connectivity index (χ0v) is 13.9. The molecule has 0 aromatic heterocycles. The fourth-order valence-electron chi connectivity index (χ4n) is 2.80. The zero-order chi connectivity index (χ0) is 17.5. The van der Waals surface area contributed by atoms with Crippen molar-refractivity contribution in [3.05, 3.63) is 107 Å². The highest BCUT2D eigenvalue weighted by atomic mass is 19.1. The number of carbonyl (C=O) groups excluding carboxylic acids is 1. The molecule has 1 unspecified atom stereocenters. The van der Waals surface area contributed by atoms with E-state index in [4.69, 9.17) is 0 Å². The summed E-state index contributed by atoms with van der Waals surface area (Å²) in [5, 5.41) is 3.08. The Morgan fingerprint density at radius 1 is 0.800 bits per heavy atom. The Bertz CT molecular complexity index is 800. The Kier molecular flexibility index (Phi) is 5.57. The second kappa shape index (κ2) is 8.25. The number of nitrogens with one attached hydrogen (secondary N) is 1. The minimum atomic E-state index is -0.287. The fourth-order valence-corrected chi connectivity index (χ4v) is 2.80. The number of aryl methyl sites for hydroxylation is 1. The molecule has 0 aliphatic heterocycles. The fraction of sp³-hybridized carbons (Fsp3) is 0.136. The normalized spacial score (nSPS) is 11.7. The van der Waals surface area contributed by atoms with Gasteiger partial charge >= 0.3 is 0 Å². The van der Waals surface area contributed by atoms with E-state index in [1.165, 1.54) is 12.1 Å². The number of hydrogen-bond acceptors (Lipinski definition) is 1. The van der Waals surface area contributed by atoms with Crippen LogP contribution in [0.5, 0.6) is 0 Å². The molecular weight excluding hydrogens is 313 g/mol. The number of rotatable bonds is 6. The van der Waals surface area contributed by atoms with Crippen molar-refractivity contribution in [2.24, 2.45) is 0 Å². The Labute approximate surface area is 147 Å². The third kappa shape index (κ3) is 4.77. The van der Waals surface area contributed by atoms with Gasteiger partial charge in [-0.05, 0) is 35.2 Å². The summed E-state index contributed by atoms with van der Waals surface area (Å²) in [7, 11) is 0. The minimum absolute atomic E-state index is 0.0259. The Morgan fingerprint density at radius 2 is 1.36 bits per heavy atom. The molecule has 1 N–H and O–H groups in total. The van der Waals surface area contributed by atoms with Gasteiger partial charge in [-0.2, -0.15) is 0 Å². The third-order valence-electron chi connectivity index (χ3n) is 4.13. The number of amides is 1. The molecule has 0 saturated carbocycles. The topological polar surface area (TPSA) is 29.1 Å². The predicted molar refractivity (Wildman–Crippen MR) is 97.6 cm³/mol. The van der Waals surface area contributed by atoms with Gasteiger partial charge in [0.2, 0.25) is 5.91 Å². The van der Waals surface area contributed by atoms with E-state index < -0.39 is 0 Å². The van der Waals surface area contributed by atoms with E-state index in [-0.39, 0.29) is 17.8 Å². The molecule has 3 rings (SSSR count). The van der Waals surface area contributed by atoms with Crippen molar-refractivity contribution in [3.63, 3.8) is 0 Å². The van der Waals surface area contributed by atoms with Gasteiger partial charge in [0.05, 0.1) is 6.04 Å². The van der Waals surface area contributed by atoms with E-state index in [0.29, 0.717) is 12.8 Å². The van der Waals surface area contributed by atoms with Crippen LogP contribution in [0.2, 0.25) is 0 Å². The SMILES string of the molecule is O=C(CCc1ccccc1)NC(c1ccccc1)c1ccc(F)cc1. The highest BCUT2D eigenvalue weighted by molar-refractivity contribution is 5.77. The van der Waals surface area contributed by atoms with Crippen molar-refractivity contribution in [2.75, 3.05) is 0 Å². The molecule has 0 spiro atoms. The van der Waals surface area contributed by atoms with Crippen molar-refractivity contribution in [2.45, 2.75) is 18.9 Å². The second-order valence-corrected chi connectivity index (χ2v) is 5.95. The van der Waals surface area contributed by atoms with E-state index in [0.717, 1.165) is 16.7 Å². The summed E-state index contributed by atoms with van der Waals surface area (Å²) in [4.78, 5) is 12.5. The first-order valence-electron chi connectivity index (χ1n) is 8.36. The summed E-state index contributed by atoms with van der Waals surface area (Å²) < 4.78 is 13.2. The summed E-state index contributed by atoms with van der Waals surface area (Å²) in [6, 6.07) is 25.6. The number of hydrogen-bond donors (Lipinski definition) is 1. The maximum Gasteiger partial charge on any atom is 0.221 e. The maximum absolute atomic E-state index is 13.2. The summed E-state index contributed by atoms with van der Waals surface area (Å²) in [6.45, 7) is 0. The molecule has 3 aromatic carbocycles. The Balaban J connectivity index is 1.73. The summed E-state index contributed by atoms with van der Waals surface area (Å²) in [6.07, 6.45) is 1.10. The Hall–Kier alpha value is -2.94. The van der Waals surface area contributed by atoms with Crippen molar-refractivity contribution in [3.8, 4) is 0 Å². The molecule has 0 saturated heterocycles. The molecule has 3 aromatic rings. The van der Waals surface area contributed by atoms with Gasteiger partial charge in [-0.15, -0.1) is 0 Å². The van der Waals surface area contributed by atoms with Crippen LogP contribution < -0.4 is 5.32 Å². The molecule has 0 bridgehead atoms. The highest BCUT2D eigenvalue weighted by Gasteiger charge is 2.16. The van der Waals surface area contributed by atoms with E-state index in [1.807, 2.05) is 60.7 Å². The summed E-state index contributed by atoms with van der Waals surface area (Å²) >= 11 is 0. The van der Waals surface area contributed by atoms with Crippen LogP contribution in [0.15, 0.2) is 84.9 Å². The lowest BCUT2D eigenvalue weighted by Crippen LogP contribution is -2.29. The van der Waals surface area contributed by atoms with Gasteiger partial charge in [0, 0.05) is 6.42 Å². The lowest BCUT2D eigenvalue weighted by Gasteiger charge is -2.20. The molecule has 0 aliphatic rings. The van der Waals surface area contributed by atoms with Crippen molar-refractivity contribution < 1.29 is 9.18 Å². The lowest BCUT2D eigenvalue weighted by atomic mass is 9.98. The van der Waals surface area contributed by atoms with Crippen LogP contribution in [0.4, 0.5) is 4.39 Å². The van der Waals surface area contributed by atoms with Crippen molar-refractivity contribution in [1.29, 1.82) is 0 Å². The van der Waals surface area contributed by atoms with Gasteiger partial charge in [0.1, 0.15) is 5.82 Å². The zero-order valence-electron chi connectivity index (χ0n) is 13.9. The van der Waals surface area contributed by atoms with Gasteiger partial charge in [-0.1, -0.05) is 72.8 Å². The number of halogens is 1. The summed E-state index contributed by atoms with van der Waals surface area (Å²) in [5.41, 5.74) is 2.97. The molecule has 1 amide bonds. The van der Waals surface area contributed by atoms with Crippen LogP contribution in [0.1, 0.15) is 29.2 Å². The molecule has 25 heavy (non-hydrogen) atoms. The Morgan fingerprint density at radius 3 is 2.00 bits per heavy atom. The molecule has 0 aliphatic carbocycles. The van der Waals surface area contributed by atoms with Gasteiger partial charge in [-0.25, -0.2) is 4.39 Å². The number of carbonyl (C=O) groups is 1. The summed E-state index contributed by atoms with van der Waals surface area (Å²) in [5.74, 6) is -0.312. The van der Waals surface area contributed by atoms with Crippen LogP contribution in [0.3, 0.4) is 0 Å². The van der Waals surface area contributed by atoms with Gasteiger partial charge < -0.3 is 5.32 Å². The van der Waals surface area contributed by atoms with Crippen LogP contribution in [0.25, 0.3) is 0 Å². The van der Waals surface area contributed by atoms with E-state index in [2.05, 4.69) is 5.32 Å². The largest absolute Gasteiger partial charge is 0.345 e.